The van der Waals surface area contributed by atoms with E-state index in [1.165, 1.54) is 0 Å². The number of rotatable bonds is 3. The zero-order valence-corrected chi connectivity index (χ0v) is 14.6. The lowest BCUT2D eigenvalue weighted by Crippen LogP contribution is -2.58. The van der Waals surface area contributed by atoms with Gasteiger partial charge in [-0.05, 0) is 49.9 Å². The predicted octanol–water partition coefficient (Wildman–Crippen LogP) is 1.59. The number of nitrogens with zero attached hydrogens (tertiary/aromatic N) is 3. The summed E-state index contributed by atoms with van der Waals surface area (Å²) in [6, 6.07) is 6.75. The Labute approximate surface area is 142 Å². The molecule has 130 valence electrons. The maximum absolute atomic E-state index is 12.0. The molecule has 1 aromatic carbocycles. The van der Waals surface area contributed by atoms with E-state index in [9.17, 15) is 8.42 Å². The maximum atomic E-state index is 12.0. The lowest BCUT2D eigenvalue weighted by Gasteiger charge is -2.45. The van der Waals surface area contributed by atoms with E-state index < -0.39 is 15.5 Å². The molecule has 2 aliphatic rings. The molecule has 1 aliphatic carbocycles. The highest BCUT2D eigenvalue weighted by Gasteiger charge is 2.42. The number of benzene rings is 1. The lowest BCUT2D eigenvalue weighted by atomic mass is 9.87. The molecule has 0 atom stereocenters. The molecular formula is C16H23N5O2S. The van der Waals surface area contributed by atoms with Crippen molar-refractivity contribution in [3.05, 3.63) is 24.3 Å². The molecule has 0 amide bonds. The van der Waals surface area contributed by atoms with Gasteiger partial charge in [-0.25, -0.2) is 13.4 Å². The molecule has 1 fully saturated rings. The van der Waals surface area contributed by atoms with Gasteiger partial charge in [0.15, 0.2) is 9.84 Å². The molecule has 0 bridgehead atoms. The van der Waals surface area contributed by atoms with Crippen molar-refractivity contribution in [2.75, 3.05) is 10.7 Å². The van der Waals surface area contributed by atoms with Crippen LogP contribution in [0.25, 0.3) is 0 Å². The molecule has 24 heavy (non-hydrogen) atoms. The van der Waals surface area contributed by atoms with Crippen molar-refractivity contribution in [1.82, 2.24) is 0 Å². The molecule has 4 N–H and O–H groups in total. The fourth-order valence-electron chi connectivity index (χ4n) is 3.46. The molecule has 0 aromatic heterocycles. The van der Waals surface area contributed by atoms with E-state index in [4.69, 9.17) is 11.5 Å². The van der Waals surface area contributed by atoms with Gasteiger partial charge in [-0.2, -0.15) is 4.99 Å². The molecule has 1 heterocycles. The Bertz CT molecular complexity index is 777. The smallest absolute Gasteiger partial charge is 0.220 e. The summed E-state index contributed by atoms with van der Waals surface area (Å²) in [5.74, 6) is 0.580. The van der Waals surface area contributed by atoms with E-state index in [0.717, 1.165) is 37.8 Å². The monoisotopic (exact) mass is 349 g/mol. The number of hydrogen-bond donors (Lipinski definition) is 2. The number of aliphatic imine (C=N–C) groups is 2. The molecule has 0 unspecified atom stereocenters. The van der Waals surface area contributed by atoms with Gasteiger partial charge in [-0.15, -0.1) is 0 Å². The Morgan fingerprint density at radius 3 is 2.33 bits per heavy atom. The Kier molecular flexibility index (Phi) is 4.25. The topological polar surface area (TPSA) is 114 Å². The second-order valence-electron chi connectivity index (χ2n) is 6.22. The summed E-state index contributed by atoms with van der Waals surface area (Å²) in [7, 11) is -3.23. The van der Waals surface area contributed by atoms with E-state index in [1.807, 2.05) is 4.90 Å². The van der Waals surface area contributed by atoms with E-state index in [0.29, 0.717) is 10.9 Å². The molecule has 0 saturated heterocycles. The first-order chi connectivity index (χ1) is 11.4. The number of hydrogen-bond acceptors (Lipinski definition) is 7. The van der Waals surface area contributed by atoms with Crippen molar-refractivity contribution in [2.24, 2.45) is 21.5 Å². The van der Waals surface area contributed by atoms with Gasteiger partial charge in [0.2, 0.25) is 11.9 Å². The summed E-state index contributed by atoms with van der Waals surface area (Å²) < 4.78 is 24.0. The van der Waals surface area contributed by atoms with Crippen LogP contribution < -0.4 is 16.4 Å². The maximum Gasteiger partial charge on any atom is 0.220 e. The number of anilines is 1. The summed E-state index contributed by atoms with van der Waals surface area (Å²) in [4.78, 5) is 10.9. The van der Waals surface area contributed by atoms with Crippen molar-refractivity contribution in [3.63, 3.8) is 0 Å². The van der Waals surface area contributed by atoms with Crippen LogP contribution >= 0.6 is 0 Å². The van der Waals surface area contributed by atoms with Gasteiger partial charge in [0.25, 0.3) is 0 Å². The minimum Gasteiger partial charge on any atom is -0.369 e. The minimum atomic E-state index is -3.23. The molecule has 0 radical (unpaired) electrons. The number of nitrogens with two attached hydrogens (primary N) is 2. The first-order valence-corrected chi connectivity index (χ1v) is 9.86. The summed E-state index contributed by atoms with van der Waals surface area (Å²) in [6.45, 7) is 1.63. The van der Waals surface area contributed by atoms with Gasteiger partial charge in [0, 0.05) is 5.69 Å². The van der Waals surface area contributed by atoms with Crippen molar-refractivity contribution >= 4 is 27.4 Å². The van der Waals surface area contributed by atoms with Crippen LogP contribution in [0.4, 0.5) is 5.69 Å². The molecule has 1 saturated carbocycles. The van der Waals surface area contributed by atoms with Gasteiger partial charge in [-0.3, -0.25) is 4.90 Å². The second-order valence-corrected chi connectivity index (χ2v) is 8.49. The van der Waals surface area contributed by atoms with E-state index in [1.54, 1.807) is 31.2 Å². The second kappa shape index (κ2) is 6.08. The van der Waals surface area contributed by atoms with Crippen LogP contribution in [0.5, 0.6) is 0 Å². The summed E-state index contributed by atoms with van der Waals surface area (Å²) in [5, 5.41) is 0. The van der Waals surface area contributed by atoms with E-state index >= 15 is 0 Å². The summed E-state index contributed by atoms with van der Waals surface area (Å²) in [5.41, 5.74) is 12.3. The third kappa shape index (κ3) is 2.86. The third-order valence-corrected chi connectivity index (χ3v) is 6.44. The Hall–Kier alpha value is -2.09. The summed E-state index contributed by atoms with van der Waals surface area (Å²) in [6.07, 6.45) is 4.94. The van der Waals surface area contributed by atoms with E-state index in [2.05, 4.69) is 9.98 Å². The van der Waals surface area contributed by atoms with E-state index in [-0.39, 0.29) is 11.7 Å². The predicted molar refractivity (Wildman–Crippen MR) is 95.7 cm³/mol. The van der Waals surface area contributed by atoms with Gasteiger partial charge < -0.3 is 11.5 Å². The largest absolute Gasteiger partial charge is 0.369 e. The first kappa shape index (κ1) is 16.8. The molecule has 1 aromatic rings. The summed E-state index contributed by atoms with van der Waals surface area (Å²) >= 11 is 0. The Morgan fingerprint density at radius 2 is 1.75 bits per heavy atom. The van der Waals surface area contributed by atoms with Crippen molar-refractivity contribution < 1.29 is 8.42 Å². The van der Waals surface area contributed by atoms with Crippen molar-refractivity contribution in [2.45, 2.75) is 49.6 Å². The van der Waals surface area contributed by atoms with Crippen LogP contribution in [0, 0.1) is 0 Å². The molecule has 3 rings (SSSR count). The first-order valence-electron chi connectivity index (χ1n) is 8.20. The third-order valence-electron chi connectivity index (χ3n) is 4.69. The highest BCUT2D eigenvalue weighted by Crippen LogP contribution is 2.39. The van der Waals surface area contributed by atoms with Gasteiger partial charge in [0.05, 0.1) is 10.6 Å². The zero-order chi connectivity index (χ0) is 17.4. The Morgan fingerprint density at radius 1 is 1.12 bits per heavy atom. The van der Waals surface area contributed by atoms with Crippen LogP contribution in [0.15, 0.2) is 39.1 Å². The van der Waals surface area contributed by atoms with Gasteiger partial charge in [-0.1, -0.05) is 13.3 Å². The minimum absolute atomic E-state index is 0.0738. The van der Waals surface area contributed by atoms with Crippen LogP contribution in [-0.2, 0) is 9.84 Å². The SMILES string of the molecule is CCS(=O)(=O)c1ccc(N2C(N)=NC(N)=NC23CCCCC3)cc1. The van der Waals surface area contributed by atoms with Crippen molar-refractivity contribution in [3.8, 4) is 0 Å². The number of sulfone groups is 1. The van der Waals surface area contributed by atoms with Gasteiger partial charge in [0.1, 0.15) is 5.66 Å². The molecule has 8 heteroatoms. The number of guanidine groups is 2. The van der Waals surface area contributed by atoms with Crippen molar-refractivity contribution in [1.29, 1.82) is 0 Å². The average Bonchev–Trinajstić information content (AvgIpc) is 2.55. The Balaban J connectivity index is 2.01. The van der Waals surface area contributed by atoms with Crippen LogP contribution in [0.2, 0.25) is 0 Å². The normalized spacial score (nSPS) is 20.6. The fourth-order valence-corrected chi connectivity index (χ4v) is 4.35. The molecule has 1 aliphatic heterocycles. The lowest BCUT2D eigenvalue weighted by molar-refractivity contribution is 0.305. The highest BCUT2D eigenvalue weighted by atomic mass is 32.2. The van der Waals surface area contributed by atoms with Crippen LogP contribution in [0.1, 0.15) is 39.0 Å². The van der Waals surface area contributed by atoms with Crippen LogP contribution in [-0.4, -0.2) is 31.8 Å². The fraction of sp³-hybridized carbons (Fsp3) is 0.500. The van der Waals surface area contributed by atoms with Gasteiger partial charge >= 0.3 is 0 Å². The van der Waals surface area contributed by atoms with Crippen LogP contribution in [0.3, 0.4) is 0 Å². The average molecular weight is 349 g/mol. The quantitative estimate of drug-likeness (QED) is 0.860. The molecule has 1 spiro atoms. The standard InChI is InChI=1S/C16H23N5O2S/c1-2-24(22,23)13-8-6-12(7-9-13)21-15(18)19-14(17)20-16(21)10-4-3-5-11-16/h6-9H,2-5,10-11H2,1H3,(H4,17,18,19,20). The zero-order valence-electron chi connectivity index (χ0n) is 13.8. The molecule has 7 nitrogen and oxygen atoms in total. The highest BCUT2D eigenvalue weighted by molar-refractivity contribution is 7.91. The molecular weight excluding hydrogens is 326 g/mol.